The van der Waals surface area contributed by atoms with Crippen LogP contribution in [0, 0.1) is 5.82 Å². The first kappa shape index (κ1) is 19.5. The largest absolute Gasteiger partial charge is 0.328 e. The number of pyridine rings is 1. The third-order valence-corrected chi connectivity index (χ3v) is 5.07. The Morgan fingerprint density at radius 3 is 2.30 bits per heavy atom. The van der Waals surface area contributed by atoms with E-state index in [1.54, 1.807) is 36.1 Å². The van der Waals surface area contributed by atoms with Crippen molar-refractivity contribution in [1.29, 1.82) is 0 Å². The summed E-state index contributed by atoms with van der Waals surface area (Å²) in [6, 6.07) is 17.6. The van der Waals surface area contributed by atoms with E-state index in [9.17, 15) is 9.18 Å². The van der Waals surface area contributed by atoms with Crippen molar-refractivity contribution in [3.05, 3.63) is 84.4 Å². The minimum absolute atomic E-state index is 0.0103. The first-order valence-corrected chi connectivity index (χ1v) is 9.54. The molecule has 0 bridgehead atoms. The third kappa shape index (κ3) is 3.48. The number of nitrogens with zero attached hydrogens (tertiary/aromatic N) is 4. The average molecular weight is 400 g/mol. The van der Waals surface area contributed by atoms with Crippen LogP contribution in [-0.4, -0.2) is 27.6 Å². The third-order valence-electron chi connectivity index (χ3n) is 5.07. The van der Waals surface area contributed by atoms with Crippen molar-refractivity contribution >= 4 is 17.3 Å². The molecule has 4 aromatic rings. The van der Waals surface area contributed by atoms with Crippen molar-refractivity contribution in [3.63, 3.8) is 0 Å². The van der Waals surface area contributed by atoms with Crippen molar-refractivity contribution < 1.29 is 9.18 Å². The van der Waals surface area contributed by atoms with Gasteiger partial charge in [0, 0.05) is 37.6 Å². The highest BCUT2D eigenvalue weighted by Crippen LogP contribution is 2.41. The molecule has 30 heavy (non-hydrogen) atoms. The van der Waals surface area contributed by atoms with Gasteiger partial charge in [-0.1, -0.05) is 12.1 Å². The molecule has 0 radical (unpaired) electrons. The summed E-state index contributed by atoms with van der Waals surface area (Å²) in [5.74, 6) is 0.505. The molecular formula is C24H21FN4O. The van der Waals surface area contributed by atoms with Gasteiger partial charge in [0.1, 0.15) is 17.3 Å². The van der Waals surface area contributed by atoms with E-state index in [1.807, 2.05) is 55.4 Å². The number of hydrogen-bond donors (Lipinski definition) is 0. The molecule has 0 saturated carbocycles. The lowest BCUT2D eigenvalue weighted by atomic mass is 10.0. The zero-order valence-corrected chi connectivity index (χ0v) is 17.0. The molecule has 0 aliphatic heterocycles. The maximum Gasteiger partial charge on any atom is 0.161 e. The van der Waals surface area contributed by atoms with Crippen LogP contribution in [-0.2, 0) is 7.05 Å². The summed E-state index contributed by atoms with van der Waals surface area (Å²) in [6.45, 7) is 1.56. The molecule has 0 saturated heterocycles. The Labute approximate surface area is 174 Å². The first-order valence-electron chi connectivity index (χ1n) is 9.54. The van der Waals surface area contributed by atoms with Crippen LogP contribution in [0.2, 0.25) is 0 Å². The fraction of sp³-hybridized carbons (Fsp3) is 0.125. The molecular weight excluding hydrogens is 379 g/mol. The predicted molar refractivity (Wildman–Crippen MR) is 116 cm³/mol. The maximum atomic E-state index is 13.5. The molecule has 2 aromatic carbocycles. The molecule has 0 atom stereocenters. The van der Waals surface area contributed by atoms with Gasteiger partial charge in [-0.2, -0.15) is 5.10 Å². The van der Waals surface area contributed by atoms with Crippen LogP contribution in [0.5, 0.6) is 0 Å². The lowest BCUT2D eigenvalue weighted by Gasteiger charge is -2.23. The average Bonchev–Trinajstić information content (AvgIpc) is 3.11. The summed E-state index contributed by atoms with van der Waals surface area (Å²) in [6.07, 6.45) is 3.45. The number of carbonyl (C=O) groups excluding carboxylic acids is 1. The number of benzene rings is 2. The van der Waals surface area contributed by atoms with Gasteiger partial charge >= 0.3 is 0 Å². The lowest BCUT2D eigenvalue weighted by Crippen LogP contribution is -2.17. The van der Waals surface area contributed by atoms with Crippen LogP contribution in [0.25, 0.3) is 22.4 Å². The first-order chi connectivity index (χ1) is 14.5. The molecule has 5 nitrogen and oxygen atoms in total. The summed E-state index contributed by atoms with van der Waals surface area (Å²) in [4.78, 5) is 18.3. The summed E-state index contributed by atoms with van der Waals surface area (Å²) >= 11 is 0. The fourth-order valence-electron chi connectivity index (χ4n) is 3.67. The fourth-order valence-corrected chi connectivity index (χ4v) is 3.67. The summed E-state index contributed by atoms with van der Waals surface area (Å²) in [7, 11) is 3.78. The van der Waals surface area contributed by atoms with Gasteiger partial charge in [-0.05, 0) is 61.0 Å². The van der Waals surface area contributed by atoms with Gasteiger partial charge in [-0.15, -0.1) is 0 Å². The number of ketones is 1. The molecule has 0 aliphatic rings. The van der Waals surface area contributed by atoms with Crippen molar-refractivity contribution in [2.24, 2.45) is 7.05 Å². The van der Waals surface area contributed by atoms with Crippen LogP contribution >= 0.6 is 0 Å². The number of hydrogen-bond acceptors (Lipinski definition) is 4. The zero-order chi connectivity index (χ0) is 21.3. The molecule has 6 heteroatoms. The topological polar surface area (TPSA) is 51.0 Å². The highest BCUT2D eigenvalue weighted by atomic mass is 19.1. The smallest absolute Gasteiger partial charge is 0.161 e. The normalized spacial score (nSPS) is 10.8. The van der Waals surface area contributed by atoms with Crippen molar-refractivity contribution in [2.45, 2.75) is 6.92 Å². The lowest BCUT2D eigenvalue weighted by molar-refractivity contribution is 0.101. The van der Waals surface area contributed by atoms with E-state index in [0.717, 1.165) is 33.9 Å². The number of aryl methyl sites for hydroxylation is 1. The van der Waals surface area contributed by atoms with Crippen LogP contribution in [0.1, 0.15) is 17.3 Å². The van der Waals surface area contributed by atoms with Gasteiger partial charge in [0.05, 0.1) is 11.3 Å². The van der Waals surface area contributed by atoms with E-state index in [0.29, 0.717) is 5.56 Å². The van der Waals surface area contributed by atoms with Crippen LogP contribution in [0.15, 0.2) is 73.1 Å². The van der Waals surface area contributed by atoms with Gasteiger partial charge in [0.25, 0.3) is 0 Å². The number of anilines is 2. The second kappa shape index (κ2) is 7.91. The van der Waals surface area contributed by atoms with E-state index < -0.39 is 0 Å². The summed E-state index contributed by atoms with van der Waals surface area (Å²) < 4.78 is 15.3. The predicted octanol–water partition coefficient (Wildman–Crippen LogP) is 5.26. The van der Waals surface area contributed by atoms with Gasteiger partial charge in [0.15, 0.2) is 5.78 Å². The number of halogens is 1. The molecule has 2 heterocycles. The minimum atomic E-state index is -0.298. The molecule has 0 unspecified atom stereocenters. The molecule has 0 amide bonds. The minimum Gasteiger partial charge on any atom is -0.328 e. The van der Waals surface area contributed by atoms with Crippen molar-refractivity contribution in [2.75, 3.05) is 11.9 Å². The number of para-hydroxylation sites is 1. The Bertz CT molecular complexity index is 1200. The van der Waals surface area contributed by atoms with E-state index in [1.165, 1.54) is 12.1 Å². The number of Topliss-reactive ketones (excluding diaryl/α,β-unsaturated/α-hetero) is 1. The molecule has 0 fully saturated rings. The highest BCUT2D eigenvalue weighted by molar-refractivity contribution is 6.01. The van der Waals surface area contributed by atoms with Crippen LogP contribution in [0.4, 0.5) is 15.9 Å². The number of aromatic nitrogens is 3. The zero-order valence-electron chi connectivity index (χ0n) is 17.0. The number of carbonyl (C=O) groups is 1. The van der Waals surface area contributed by atoms with E-state index >= 15 is 0 Å². The van der Waals surface area contributed by atoms with Crippen molar-refractivity contribution in [1.82, 2.24) is 14.8 Å². The van der Waals surface area contributed by atoms with Gasteiger partial charge in [-0.25, -0.2) is 4.39 Å². The SMILES string of the molecule is CC(=O)c1ccccc1N(C)c1c(-c2ccncc2)c(-c2ccc(F)cc2)nn1C. The molecule has 2 aromatic heterocycles. The highest BCUT2D eigenvalue weighted by Gasteiger charge is 2.24. The Kier molecular flexibility index (Phi) is 5.14. The molecule has 150 valence electrons. The van der Waals surface area contributed by atoms with Crippen LogP contribution in [0.3, 0.4) is 0 Å². The standard InChI is InChI=1S/C24H21FN4O/c1-16(30)20-6-4-5-7-21(20)28(2)24-22(17-12-14-26-15-13-17)23(27-29(24)3)18-8-10-19(25)11-9-18/h4-15H,1-3H3. The molecule has 0 N–H and O–H groups in total. The van der Waals surface area contributed by atoms with Crippen molar-refractivity contribution in [3.8, 4) is 22.4 Å². The maximum absolute atomic E-state index is 13.5. The summed E-state index contributed by atoms with van der Waals surface area (Å²) in [5, 5.41) is 4.76. The second-order valence-corrected chi connectivity index (χ2v) is 7.05. The van der Waals surface area contributed by atoms with E-state index in [-0.39, 0.29) is 11.6 Å². The Morgan fingerprint density at radius 2 is 1.63 bits per heavy atom. The second-order valence-electron chi connectivity index (χ2n) is 7.05. The monoisotopic (exact) mass is 400 g/mol. The summed E-state index contributed by atoms with van der Waals surface area (Å²) in [5.41, 5.74) is 4.76. The quantitative estimate of drug-likeness (QED) is 0.429. The Hall–Kier alpha value is -3.80. The molecule has 0 spiro atoms. The Morgan fingerprint density at radius 1 is 0.967 bits per heavy atom. The van der Waals surface area contributed by atoms with Crippen LogP contribution < -0.4 is 4.90 Å². The molecule has 0 aliphatic carbocycles. The van der Waals surface area contributed by atoms with Gasteiger partial charge in [0.2, 0.25) is 0 Å². The van der Waals surface area contributed by atoms with Gasteiger partial charge < -0.3 is 4.90 Å². The van der Waals surface area contributed by atoms with Gasteiger partial charge in [-0.3, -0.25) is 14.5 Å². The number of rotatable bonds is 5. The van der Waals surface area contributed by atoms with E-state index in [2.05, 4.69) is 4.98 Å². The Balaban J connectivity index is 1.97. The van der Waals surface area contributed by atoms with E-state index in [4.69, 9.17) is 5.10 Å². The molecule has 4 rings (SSSR count).